The first kappa shape index (κ1) is 12.3. The Morgan fingerprint density at radius 3 is 2.62 bits per heavy atom. The van der Waals surface area contributed by atoms with E-state index in [9.17, 15) is 0 Å². The van der Waals surface area contributed by atoms with E-state index in [0.717, 1.165) is 38.5 Å². The maximum absolute atomic E-state index is 6.08. The summed E-state index contributed by atoms with van der Waals surface area (Å²) in [5, 5.41) is 0. The minimum absolute atomic E-state index is 0.0285. The molecule has 2 atom stereocenters. The Morgan fingerprint density at radius 1 is 1.44 bits per heavy atom. The highest BCUT2D eigenvalue weighted by Gasteiger charge is 2.47. The van der Waals surface area contributed by atoms with E-state index in [1.807, 2.05) is 0 Å². The van der Waals surface area contributed by atoms with Gasteiger partial charge in [0.15, 0.2) is 0 Å². The van der Waals surface area contributed by atoms with Crippen molar-refractivity contribution < 1.29 is 4.74 Å². The average Bonchev–Trinajstić information content (AvgIpc) is 3.12. The Hall–Kier alpha value is -0.120. The van der Waals surface area contributed by atoms with Gasteiger partial charge in [0.1, 0.15) is 0 Å². The van der Waals surface area contributed by atoms with Gasteiger partial charge in [-0.3, -0.25) is 4.90 Å². The molecular weight excluding hydrogens is 200 g/mol. The summed E-state index contributed by atoms with van der Waals surface area (Å²) in [7, 11) is 2.26. The van der Waals surface area contributed by atoms with Crippen LogP contribution in [-0.4, -0.2) is 42.3 Å². The topological polar surface area (TPSA) is 38.5 Å². The van der Waals surface area contributed by atoms with E-state index < -0.39 is 0 Å². The molecule has 3 heteroatoms. The summed E-state index contributed by atoms with van der Waals surface area (Å²) < 4.78 is 5.94. The Labute approximate surface area is 99.3 Å². The van der Waals surface area contributed by atoms with Crippen molar-refractivity contribution in [2.24, 2.45) is 5.73 Å². The highest BCUT2D eigenvalue weighted by atomic mass is 16.5. The zero-order chi connectivity index (χ0) is 11.8. The molecule has 0 aromatic rings. The molecule has 1 aliphatic carbocycles. The molecule has 2 aliphatic rings. The smallest absolute Gasteiger partial charge is 0.0670 e. The van der Waals surface area contributed by atoms with Crippen molar-refractivity contribution in [3.05, 3.63) is 0 Å². The van der Waals surface area contributed by atoms with Crippen LogP contribution < -0.4 is 5.73 Å². The molecule has 1 saturated heterocycles. The fraction of sp³-hybridized carbons (Fsp3) is 1.00. The van der Waals surface area contributed by atoms with E-state index in [-0.39, 0.29) is 11.1 Å². The van der Waals surface area contributed by atoms with Crippen molar-refractivity contribution in [1.29, 1.82) is 0 Å². The first-order valence-corrected chi connectivity index (χ1v) is 6.62. The molecule has 2 unspecified atom stereocenters. The predicted octanol–water partition coefficient (Wildman–Crippen LogP) is 1.76. The quantitative estimate of drug-likeness (QED) is 0.794. The molecule has 3 nitrogen and oxygen atoms in total. The third-order valence-corrected chi connectivity index (χ3v) is 4.69. The Kier molecular flexibility index (Phi) is 3.30. The van der Waals surface area contributed by atoms with Crippen molar-refractivity contribution >= 4 is 0 Å². The highest BCUT2D eigenvalue weighted by Crippen LogP contribution is 2.41. The van der Waals surface area contributed by atoms with Gasteiger partial charge in [-0.1, -0.05) is 6.92 Å². The standard InChI is InChI=1S/C13H26N2O/c1-4-12(2)9-13(10-14,7-8-16-12)15(3)11-5-6-11/h11H,4-10,14H2,1-3H3. The maximum atomic E-state index is 6.08. The summed E-state index contributed by atoms with van der Waals surface area (Å²) in [6.45, 7) is 6.07. The van der Waals surface area contributed by atoms with Crippen LogP contribution >= 0.6 is 0 Å². The van der Waals surface area contributed by atoms with Crippen LogP contribution in [0.2, 0.25) is 0 Å². The second-order valence-electron chi connectivity index (χ2n) is 5.85. The Morgan fingerprint density at radius 2 is 2.12 bits per heavy atom. The molecule has 0 aromatic heterocycles. The van der Waals surface area contributed by atoms with E-state index in [1.54, 1.807) is 0 Å². The fourth-order valence-electron chi connectivity index (χ4n) is 3.02. The molecule has 2 N–H and O–H groups in total. The third kappa shape index (κ3) is 2.13. The van der Waals surface area contributed by atoms with Crippen LogP contribution in [0, 0.1) is 0 Å². The molecule has 2 rings (SSSR count). The first-order chi connectivity index (χ1) is 7.55. The average molecular weight is 226 g/mol. The Bertz CT molecular complexity index is 254. The summed E-state index contributed by atoms with van der Waals surface area (Å²) in [4.78, 5) is 2.55. The number of nitrogens with two attached hydrogens (primary N) is 1. The number of rotatable bonds is 4. The molecule has 1 saturated carbocycles. The van der Waals surface area contributed by atoms with Crippen molar-refractivity contribution in [1.82, 2.24) is 4.90 Å². The number of ether oxygens (including phenoxy) is 1. The van der Waals surface area contributed by atoms with E-state index in [0.29, 0.717) is 0 Å². The lowest BCUT2D eigenvalue weighted by atomic mass is 9.78. The van der Waals surface area contributed by atoms with Gasteiger partial charge in [-0.15, -0.1) is 0 Å². The molecule has 0 radical (unpaired) electrons. The lowest BCUT2D eigenvalue weighted by Crippen LogP contribution is -2.60. The number of likely N-dealkylation sites (N-methyl/N-ethyl adjacent to an activating group) is 1. The number of hydrogen-bond acceptors (Lipinski definition) is 3. The van der Waals surface area contributed by atoms with Gasteiger partial charge in [-0.25, -0.2) is 0 Å². The van der Waals surface area contributed by atoms with Gasteiger partial charge in [0.05, 0.1) is 5.60 Å². The van der Waals surface area contributed by atoms with Crippen molar-refractivity contribution in [2.75, 3.05) is 20.2 Å². The van der Waals surface area contributed by atoms with E-state index in [4.69, 9.17) is 10.5 Å². The summed E-state index contributed by atoms with van der Waals surface area (Å²) in [5.41, 5.74) is 6.30. The molecule has 0 spiro atoms. The summed E-state index contributed by atoms with van der Waals surface area (Å²) in [6.07, 6.45) is 5.95. The van der Waals surface area contributed by atoms with E-state index >= 15 is 0 Å². The van der Waals surface area contributed by atoms with Crippen LogP contribution in [0.15, 0.2) is 0 Å². The lowest BCUT2D eigenvalue weighted by Gasteiger charge is -2.50. The summed E-state index contributed by atoms with van der Waals surface area (Å²) >= 11 is 0. The van der Waals surface area contributed by atoms with Gasteiger partial charge in [0.25, 0.3) is 0 Å². The lowest BCUT2D eigenvalue weighted by molar-refractivity contribution is -0.126. The predicted molar refractivity (Wildman–Crippen MR) is 66.5 cm³/mol. The molecule has 1 aliphatic heterocycles. The number of nitrogens with zero attached hydrogens (tertiary/aromatic N) is 1. The van der Waals surface area contributed by atoms with Crippen molar-refractivity contribution in [2.45, 2.75) is 63.1 Å². The zero-order valence-corrected chi connectivity index (χ0v) is 11.0. The van der Waals surface area contributed by atoms with Gasteiger partial charge < -0.3 is 10.5 Å². The molecule has 16 heavy (non-hydrogen) atoms. The monoisotopic (exact) mass is 226 g/mol. The van der Waals surface area contributed by atoms with Crippen LogP contribution in [0.3, 0.4) is 0 Å². The summed E-state index contributed by atoms with van der Waals surface area (Å²) in [6, 6.07) is 0.780. The molecule has 1 heterocycles. The third-order valence-electron chi connectivity index (χ3n) is 4.69. The second-order valence-corrected chi connectivity index (χ2v) is 5.85. The van der Waals surface area contributed by atoms with E-state index in [2.05, 4.69) is 25.8 Å². The normalized spacial score (nSPS) is 40.3. The number of hydrogen-bond donors (Lipinski definition) is 1. The first-order valence-electron chi connectivity index (χ1n) is 6.62. The van der Waals surface area contributed by atoms with Gasteiger partial charge >= 0.3 is 0 Å². The van der Waals surface area contributed by atoms with Crippen LogP contribution in [0.5, 0.6) is 0 Å². The molecule has 0 amide bonds. The van der Waals surface area contributed by atoms with Gasteiger partial charge in [0, 0.05) is 24.7 Å². The molecule has 0 aromatic carbocycles. The van der Waals surface area contributed by atoms with Gasteiger partial charge in [-0.2, -0.15) is 0 Å². The summed E-state index contributed by atoms with van der Waals surface area (Å²) in [5.74, 6) is 0. The maximum Gasteiger partial charge on any atom is 0.0670 e. The zero-order valence-electron chi connectivity index (χ0n) is 11.0. The van der Waals surface area contributed by atoms with Crippen LogP contribution in [0.1, 0.15) is 46.0 Å². The largest absolute Gasteiger partial charge is 0.375 e. The fourth-order valence-corrected chi connectivity index (χ4v) is 3.02. The highest BCUT2D eigenvalue weighted by molar-refractivity contribution is 5.03. The molecule has 0 bridgehead atoms. The molecule has 94 valence electrons. The van der Waals surface area contributed by atoms with Crippen LogP contribution in [0.4, 0.5) is 0 Å². The van der Waals surface area contributed by atoms with Crippen molar-refractivity contribution in [3.8, 4) is 0 Å². The van der Waals surface area contributed by atoms with Crippen LogP contribution in [-0.2, 0) is 4.74 Å². The molecule has 2 fully saturated rings. The van der Waals surface area contributed by atoms with Gasteiger partial charge in [-0.05, 0) is 46.1 Å². The SMILES string of the molecule is CCC1(C)CC(CN)(N(C)C2CC2)CCO1. The minimum Gasteiger partial charge on any atom is -0.375 e. The second kappa shape index (κ2) is 4.28. The Balaban J connectivity index is 2.13. The molecular formula is C13H26N2O. The minimum atomic E-state index is 0.0285. The van der Waals surface area contributed by atoms with E-state index in [1.165, 1.54) is 12.8 Å². The van der Waals surface area contributed by atoms with Crippen molar-refractivity contribution in [3.63, 3.8) is 0 Å². The van der Waals surface area contributed by atoms with Crippen LogP contribution in [0.25, 0.3) is 0 Å². The van der Waals surface area contributed by atoms with Gasteiger partial charge in [0.2, 0.25) is 0 Å².